The molecule has 0 aliphatic heterocycles. The molecule has 0 bridgehead atoms. The molecule has 5 nitrogen and oxygen atoms in total. The third-order valence-electron chi connectivity index (χ3n) is 2.34. The van der Waals surface area contributed by atoms with Crippen molar-refractivity contribution in [3.05, 3.63) is 53.4 Å². The lowest BCUT2D eigenvalue weighted by atomic mass is 10.1. The van der Waals surface area contributed by atoms with Crippen molar-refractivity contribution in [2.75, 3.05) is 0 Å². The Morgan fingerprint density at radius 2 is 2.18 bits per heavy atom. The van der Waals surface area contributed by atoms with E-state index in [1.54, 1.807) is 0 Å². The molecule has 1 aromatic heterocycles. The van der Waals surface area contributed by atoms with Crippen LogP contribution in [0.25, 0.3) is 0 Å². The van der Waals surface area contributed by atoms with E-state index >= 15 is 0 Å². The molecule has 5 heteroatoms. The third kappa shape index (κ3) is 2.92. The molecule has 17 heavy (non-hydrogen) atoms. The van der Waals surface area contributed by atoms with Gasteiger partial charge in [-0.2, -0.15) is 0 Å². The van der Waals surface area contributed by atoms with Crippen LogP contribution in [0, 0.1) is 0 Å². The second-order valence-electron chi connectivity index (χ2n) is 3.58. The van der Waals surface area contributed by atoms with Crippen LogP contribution in [0.2, 0.25) is 0 Å². The van der Waals surface area contributed by atoms with Crippen LogP contribution in [0.4, 0.5) is 0 Å². The molecule has 0 spiro atoms. The molecule has 0 aliphatic rings. The van der Waals surface area contributed by atoms with Gasteiger partial charge in [0, 0.05) is 19.2 Å². The molecule has 0 aliphatic carbocycles. The number of nitrogens with two attached hydrogens (primary N) is 1. The van der Waals surface area contributed by atoms with Gasteiger partial charge in [-0.25, -0.2) is 0 Å². The normalized spacial score (nSPS) is 10.2. The van der Waals surface area contributed by atoms with Crippen LogP contribution in [0.3, 0.4) is 0 Å². The Morgan fingerprint density at radius 1 is 1.35 bits per heavy atom. The summed E-state index contributed by atoms with van der Waals surface area (Å²) in [5.41, 5.74) is 7.58. The Kier molecular flexibility index (Phi) is 3.52. The van der Waals surface area contributed by atoms with E-state index in [4.69, 9.17) is 10.3 Å². The number of aromatic nitrogens is 1. The zero-order chi connectivity index (χ0) is 12.1. The molecule has 0 fully saturated rings. The average molecular weight is 231 g/mol. The van der Waals surface area contributed by atoms with Gasteiger partial charge in [-0.15, -0.1) is 0 Å². The van der Waals surface area contributed by atoms with Gasteiger partial charge >= 0.3 is 0 Å². The minimum absolute atomic E-state index is 0.208. The summed E-state index contributed by atoms with van der Waals surface area (Å²) in [6.07, 6.45) is 1.43. The van der Waals surface area contributed by atoms with Gasteiger partial charge in [-0.1, -0.05) is 29.4 Å². The van der Waals surface area contributed by atoms with Crippen molar-refractivity contribution in [1.82, 2.24) is 10.5 Å². The molecule has 2 aromatic rings. The Labute approximate surface area is 98.6 Å². The molecule has 0 radical (unpaired) electrons. The standard InChI is InChI=1S/C12H13N3O2/c13-7-9-2-1-3-10(6-9)8-14-12(16)11-4-5-15-17-11/h1-6H,7-8,13H2,(H,14,16). The van der Waals surface area contributed by atoms with Crippen LogP contribution in [-0.2, 0) is 13.1 Å². The smallest absolute Gasteiger partial charge is 0.290 e. The van der Waals surface area contributed by atoms with E-state index in [-0.39, 0.29) is 11.7 Å². The molecule has 0 unspecified atom stereocenters. The van der Waals surface area contributed by atoms with E-state index in [0.717, 1.165) is 11.1 Å². The lowest BCUT2D eigenvalue weighted by Gasteiger charge is -2.04. The van der Waals surface area contributed by atoms with E-state index in [2.05, 4.69) is 10.5 Å². The van der Waals surface area contributed by atoms with Crippen LogP contribution in [0.15, 0.2) is 41.1 Å². The lowest BCUT2D eigenvalue weighted by molar-refractivity contribution is 0.0914. The highest BCUT2D eigenvalue weighted by Gasteiger charge is 2.08. The van der Waals surface area contributed by atoms with E-state index in [9.17, 15) is 4.79 Å². The Bertz CT molecular complexity index is 494. The van der Waals surface area contributed by atoms with Crippen molar-refractivity contribution in [3.8, 4) is 0 Å². The van der Waals surface area contributed by atoms with Gasteiger partial charge in [0.05, 0.1) is 6.20 Å². The summed E-state index contributed by atoms with van der Waals surface area (Å²) in [5, 5.41) is 6.21. The van der Waals surface area contributed by atoms with Crippen LogP contribution in [-0.4, -0.2) is 11.1 Å². The number of nitrogens with zero attached hydrogens (tertiary/aromatic N) is 1. The Balaban J connectivity index is 1.95. The van der Waals surface area contributed by atoms with E-state index < -0.39 is 0 Å². The van der Waals surface area contributed by atoms with Crippen molar-refractivity contribution >= 4 is 5.91 Å². The first kappa shape index (κ1) is 11.3. The predicted molar refractivity (Wildman–Crippen MR) is 62.0 cm³/mol. The zero-order valence-electron chi connectivity index (χ0n) is 9.22. The zero-order valence-corrected chi connectivity index (χ0v) is 9.22. The maximum absolute atomic E-state index is 11.6. The fraction of sp³-hybridized carbons (Fsp3) is 0.167. The number of benzene rings is 1. The van der Waals surface area contributed by atoms with Crippen LogP contribution in [0.5, 0.6) is 0 Å². The molecular formula is C12H13N3O2. The third-order valence-corrected chi connectivity index (χ3v) is 2.34. The van der Waals surface area contributed by atoms with Crippen LogP contribution < -0.4 is 11.1 Å². The average Bonchev–Trinajstić information content (AvgIpc) is 2.90. The maximum Gasteiger partial charge on any atom is 0.290 e. The largest absolute Gasteiger partial charge is 0.351 e. The maximum atomic E-state index is 11.6. The second-order valence-corrected chi connectivity index (χ2v) is 3.58. The van der Waals surface area contributed by atoms with Crippen molar-refractivity contribution in [3.63, 3.8) is 0 Å². The monoisotopic (exact) mass is 231 g/mol. The summed E-state index contributed by atoms with van der Waals surface area (Å²) in [5.74, 6) is -0.0689. The predicted octanol–water partition coefficient (Wildman–Crippen LogP) is 1.06. The topological polar surface area (TPSA) is 81.1 Å². The van der Waals surface area contributed by atoms with Gasteiger partial charge in [0.25, 0.3) is 5.91 Å². The lowest BCUT2D eigenvalue weighted by Crippen LogP contribution is -2.22. The molecule has 0 saturated heterocycles. The number of rotatable bonds is 4. The second kappa shape index (κ2) is 5.27. The minimum Gasteiger partial charge on any atom is -0.351 e. The Hall–Kier alpha value is -2.14. The first-order valence-electron chi connectivity index (χ1n) is 5.26. The SMILES string of the molecule is NCc1cccc(CNC(=O)c2ccno2)c1. The summed E-state index contributed by atoms with van der Waals surface area (Å²) in [6, 6.07) is 9.27. The van der Waals surface area contributed by atoms with Crippen LogP contribution in [0.1, 0.15) is 21.7 Å². The molecule has 1 aromatic carbocycles. The fourth-order valence-corrected chi connectivity index (χ4v) is 1.47. The van der Waals surface area contributed by atoms with E-state index in [1.165, 1.54) is 12.3 Å². The summed E-state index contributed by atoms with van der Waals surface area (Å²) in [4.78, 5) is 11.6. The molecule has 0 atom stereocenters. The number of hydrogen-bond donors (Lipinski definition) is 2. The molecule has 2 rings (SSSR count). The van der Waals surface area contributed by atoms with Gasteiger partial charge in [0.1, 0.15) is 0 Å². The van der Waals surface area contributed by atoms with E-state index in [1.807, 2.05) is 24.3 Å². The minimum atomic E-state index is -0.277. The molecule has 1 amide bonds. The number of nitrogens with one attached hydrogen (secondary N) is 1. The van der Waals surface area contributed by atoms with Gasteiger partial charge in [0.15, 0.2) is 0 Å². The van der Waals surface area contributed by atoms with Crippen molar-refractivity contribution < 1.29 is 9.32 Å². The molecule has 88 valence electrons. The summed E-state index contributed by atoms with van der Waals surface area (Å²) < 4.78 is 4.75. The number of hydrogen-bond acceptors (Lipinski definition) is 4. The van der Waals surface area contributed by atoms with E-state index in [0.29, 0.717) is 13.1 Å². The van der Waals surface area contributed by atoms with Crippen LogP contribution >= 0.6 is 0 Å². The summed E-state index contributed by atoms with van der Waals surface area (Å²) in [7, 11) is 0. The van der Waals surface area contributed by atoms with Crippen molar-refractivity contribution in [2.45, 2.75) is 13.1 Å². The molecule has 3 N–H and O–H groups in total. The molecule has 1 heterocycles. The highest BCUT2D eigenvalue weighted by molar-refractivity contribution is 5.91. The number of carbonyl (C=O) groups excluding carboxylic acids is 1. The first-order valence-corrected chi connectivity index (χ1v) is 5.26. The van der Waals surface area contributed by atoms with Crippen molar-refractivity contribution in [2.24, 2.45) is 5.73 Å². The highest BCUT2D eigenvalue weighted by atomic mass is 16.5. The summed E-state index contributed by atoms with van der Waals surface area (Å²) in [6.45, 7) is 0.928. The quantitative estimate of drug-likeness (QED) is 0.824. The molecular weight excluding hydrogens is 218 g/mol. The summed E-state index contributed by atoms with van der Waals surface area (Å²) >= 11 is 0. The van der Waals surface area contributed by atoms with Gasteiger partial charge in [0.2, 0.25) is 5.76 Å². The first-order chi connectivity index (χ1) is 8.29. The Morgan fingerprint density at radius 3 is 2.88 bits per heavy atom. The van der Waals surface area contributed by atoms with Gasteiger partial charge < -0.3 is 15.6 Å². The number of carbonyl (C=O) groups is 1. The number of amides is 1. The fourth-order valence-electron chi connectivity index (χ4n) is 1.47. The van der Waals surface area contributed by atoms with Gasteiger partial charge in [-0.3, -0.25) is 4.79 Å². The van der Waals surface area contributed by atoms with Gasteiger partial charge in [-0.05, 0) is 11.1 Å². The van der Waals surface area contributed by atoms with Crippen molar-refractivity contribution in [1.29, 1.82) is 0 Å². The molecule has 0 saturated carbocycles. The highest BCUT2D eigenvalue weighted by Crippen LogP contribution is 2.05.